The molecule has 5 rings (SSSR count). The van der Waals surface area contributed by atoms with E-state index in [1.54, 1.807) is 29.4 Å². The molecule has 33 heavy (non-hydrogen) atoms. The van der Waals surface area contributed by atoms with Gasteiger partial charge in [-0.1, -0.05) is 12.8 Å². The van der Waals surface area contributed by atoms with Crippen LogP contribution in [-0.4, -0.2) is 49.7 Å². The summed E-state index contributed by atoms with van der Waals surface area (Å²) in [6.45, 7) is 1.48. The molecule has 8 nitrogen and oxygen atoms in total. The molecule has 2 aromatic heterocycles. The zero-order valence-corrected chi connectivity index (χ0v) is 19.0. The molecular weight excluding hydrogens is 418 g/mol. The number of hydrogen-bond donors (Lipinski definition) is 1. The Morgan fingerprint density at radius 3 is 2.70 bits per heavy atom. The highest BCUT2D eigenvalue weighted by Gasteiger charge is 2.33. The number of aromatic nitrogens is 3. The number of nitrogens with zero attached hydrogens (tertiary/aromatic N) is 4. The Hall–Kier alpha value is -3.03. The minimum absolute atomic E-state index is 0.108. The van der Waals surface area contributed by atoms with E-state index in [0.717, 1.165) is 32.1 Å². The predicted octanol–water partition coefficient (Wildman–Crippen LogP) is 3.00. The summed E-state index contributed by atoms with van der Waals surface area (Å²) in [5.74, 6) is 1.13. The van der Waals surface area contributed by atoms with E-state index in [2.05, 4.69) is 9.97 Å². The van der Waals surface area contributed by atoms with E-state index >= 15 is 0 Å². The van der Waals surface area contributed by atoms with Crippen LogP contribution in [0.1, 0.15) is 84.8 Å². The maximum Gasteiger partial charge on any atom is 0.255 e. The molecule has 1 atom stereocenters. The fourth-order valence-electron chi connectivity index (χ4n) is 5.55. The fraction of sp³-hybridized carbons (Fsp3) is 0.560. The minimum atomic E-state index is -0.199. The van der Waals surface area contributed by atoms with Crippen molar-refractivity contribution in [1.82, 2.24) is 24.8 Å². The topological polar surface area (TPSA) is 99.3 Å². The van der Waals surface area contributed by atoms with Crippen molar-refractivity contribution in [3.63, 3.8) is 0 Å². The molecule has 2 fully saturated rings. The zero-order valence-electron chi connectivity index (χ0n) is 19.0. The van der Waals surface area contributed by atoms with Crippen LogP contribution in [0.3, 0.4) is 0 Å². The van der Waals surface area contributed by atoms with Gasteiger partial charge in [0.1, 0.15) is 5.82 Å². The Balaban J connectivity index is 1.38. The van der Waals surface area contributed by atoms with Crippen LogP contribution in [0.2, 0.25) is 0 Å². The van der Waals surface area contributed by atoms with Gasteiger partial charge in [0.05, 0.1) is 23.8 Å². The molecule has 0 unspecified atom stereocenters. The summed E-state index contributed by atoms with van der Waals surface area (Å²) < 4.78 is 0. The molecule has 1 aliphatic carbocycles. The predicted molar refractivity (Wildman–Crippen MR) is 122 cm³/mol. The van der Waals surface area contributed by atoms with Gasteiger partial charge in [0.25, 0.3) is 11.5 Å². The molecule has 1 saturated carbocycles. The van der Waals surface area contributed by atoms with Gasteiger partial charge in [0, 0.05) is 37.5 Å². The number of fused-ring (bicyclic) bond motifs is 1. The summed E-state index contributed by atoms with van der Waals surface area (Å²) in [5, 5.41) is 0. The van der Waals surface area contributed by atoms with Crippen LogP contribution in [0.5, 0.6) is 0 Å². The second-order valence-corrected chi connectivity index (χ2v) is 9.55. The summed E-state index contributed by atoms with van der Waals surface area (Å²) >= 11 is 0. The van der Waals surface area contributed by atoms with E-state index in [-0.39, 0.29) is 23.4 Å². The Labute approximate surface area is 193 Å². The van der Waals surface area contributed by atoms with Gasteiger partial charge in [-0.2, -0.15) is 0 Å². The van der Waals surface area contributed by atoms with Gasteiger partial charge < -0.3 is 14.8 Å². The molecular formula is C25H31N5O3. The number of amides is 2. The number of likely N-dealkylation sites (tertiary alicyclic amines) is 1. The quantitative estimate of drug-likeness (QED) is 0.774. The Bertz CT molecular complexity index is 1080. The first-order valence-electron chi connectivity index (χ1n) is 12.2. The number of carbonyl (C=O) groups is 2. The number of rotatable bonds is 4. The van der Waals surface area contributed by atoms with Crippen molar-refractivity contribution in [3.8, 4) is 0 Å². The molecule has 2 aromatic rings. The van der Waals surface area contributed by atoms with E-state index < -0.39 is 0 Å². The second kappa shape index (κ2) is 9.45. The lowest BCUT2D eigenvalue weighted by Crippen LogP contribution is -2.42. The fourth-order valence-corrected chi connectivity index (χ4v) is 5.55. The lowest BCUT2D eigenvalue weighted by molar-refractivity contribution is -0.136. The molecule has 4 heterocycles. The first-order chi connectivity index (χ1) is 16.1. The van der Waals surface area contributed by atoms with E-state index in [1.165, 1.54) is 12.8 Å². The number of nitrogens with one attached hydrogen (secondary N) is 1. The first kappa shape index (κ1) is 21.8. The molecule has 1 N–H and O–H groups in total. The van der Waals surface area contributed by atoms with Gasteiger partial charge in [0.15, 0.2) is 0 Å². The lowest BCUT2D eigenvalue weighted by Gasteiger charge is -2.36. The van der Waals surface area contributed by atoms with Gasteiger partial charge >= 0.3 is 0 Å². The Morgan fingerprint density at radius 1 is 1.09 bits per heavy atom. The monoisotopic (exact) mass is 449 g/mol. The average Bonchev–Trinajstić information content (AvgIpc) is 3.36. The van der Waals surface area contributed by atoms with Crippen molar-refractivity contribution < 1.29 is 9.59 Å². The largest absolute Gasteiger partial charge is 0.333 e. The molecule has 8 heteroatoms. The third kappa shape index (κ3) is 4.56. The Morgan fingerprint density at radius 2 is 1.91 bits per heavy atom. The maximum atomic E-state index is 13.2. The lowest BCUT2D eigenvalue weighted by atomic mass is 9.97. The zero-order chi connectivity index (χ0) is 22.8. The molecule has 3 aliphatic rings. The summed E-state index contributed by atoms with van der Waals surface area (Å²) in [7, 11) is 0. The molecule has 2 aliphatic heterocycles. The van der Waals surface area contributed by atoms with E-state index in [9.17, 15) is 14.4 Å². The summed E-state index contributed by atoms with van der Waals surface area (Å²) in [5.41, 5.74) is 1.68. The SMILES string of the molecule is O=C(c1cccnc1)N1CCc2c(nc([C@@H]3CCCCN3C(=O)CC3CCCC3)[nH]c2=O)C1. The van der Waals surface area contributed by atoms with Crippen LogP contribution in [0.4, 0.5) is 0 Å². The number of piperidine rings is 1. The highest BCUT2D eigenvalue weighted by Crippen LogP contribution is 2.33. The molecule has 0 aromatic carbocycles. The average molecular weight is 450 g/mol. The van der Waals surface area contributed by atoms with Crippen molar-refractivity contribution in [2.24, 2.45) is 5.92 Å². The smallest absolute Gasteiger partial charge is 0.255 e. The number of pyridine rings is 1. The van der Waals surface area contributed by atoms with Crippen LogP contribution in [0.25, 0.3) is 0 Å². The third-order valence-corrected chi connectivity index (χ3v) is 7.36. The third-order valence-electron chi connectivity index (χ3n) is 7.36. The van der Waals surface area contributed by atoms with Crippen LogP contribution >= 0.6 is 0 Å². The van der Waals surface area contributed by atoms with Crippen LogP contribution in [0, 0.1) is 5.92 Å². The van der Waals surface area contributed by atoms with Crippen molar-refractivity contribution in [3.05, 3.63) is 57.5 Å². The molecule has 174 valence electrons. The summed E-state index contributed by atoms with van der Waals surface area (Å²) in [6.07, 6.45) is 11.8. The van der Waals surface area contributed by atoms with Gasteiger partial charge in [-0.05, 0) is 56.6 Å². The molecule has 0 bridgehead atoms. The Kier molecular flexibility index (Phi) is 6.24. The number of carbonyl (C=O) groups excluding carboxylic acids is 2. The standard InChI is InChI=1S/C25H31N5O3/c31-22(14-17-6-1-2-7-17)30-12-4-3-9-21(30)23-27-20-16-29(13-10-19(20)24(32)28-23)25(33)18-8-5-11-26-15-18/h5,8,11,15,17,21H,1-4,6-7,9-10,12-14,16H2,(H,27,28,32)/t21-/m0/s1. The normalized spacial score (nSPS) is 21.2. The van der Waals surface area contributed by atoms with Crippen molar-refractivity contribution in [1.29, 1.82) is 0 Å². The van der Waals surface area contributed by atoms with E-state index in [0.29, 0.717) is 61.0 Å². The van der Waals surface area contributed by atoms with Crippen LogP contribution in [-0.2, 0) is 17.8 Å². The molecule has 1 saturated heterocycles. The minimum Gasteiger partial charge on any atom is -0.333 e. The van der Waals surface area contributed by atoms with Crippen molar-refractivity contribution in [2.75, 3.05) is 13.1 Å². The highest BCUT2D eigenvalue weighted by atomic mass is 16.2. The maximum absolute atomic E-state index is 13.2. The van der Waals surface area contributed by atoms with E-state index in [1.807, 2.05) is 4.90 Å². The molecule has 0 spiro atoms. The van der Waals surface area contributed by atoms with Gasteiger partial charge in [-0.15, -0.1) is 0 Å². The van der Waals surface area contributed by atoms with Gasteiger partial charge in [-0.3, -0.25) is 19.4 Å². The number of hydrogen-bond acceptors (Lipinski definition) is 5. The van der Waals surface area contributed by atoms with Crippen LogP contribution in [0.15, 0.2) is 29.3 Å². The van der Waals surface area contributed by atoms with Crippen molar-refractivity contribution >= 4 is 11.8 Å². The van der Waals surface area contributed by atoms with Crippen LogP contribution < -0.4 is 5.56 Å². The summed E-state index contributed by atoms with van der Waals surface area (Å²) in [6, 6.07) is 3.29. The first-order valence-corrected chi connectivity index (χ1v) is 12.2. The number of aromatic amines is 1. The number of H-pyrrole nitrogens is 1. The molecule has 2 amide bonds. The van der Waals surface area contributed by atoms with Crippen molar-refractivity contribution in [2.45, 2.75) is 70.4 Å². The highest BCUT2D eigenvalue weighted by molar-refractivity contribution is 5.94. The second-order valence-electron chi connectivity index (χ2n) is 9.55. The molecule has 0 radical (unpaired) electrons. The van der Waals surface area contributed by atoms with Gasteiger partial charge in [0.2, 0.25) is 5.91 Å². The summed E-state index contributed by atoms with van der Waals surface area (Å²) in [4.78, 5) is 54.5. The van der Waals surface area contributed by atoms with E-state index in [4.69, 9.17) is 4.98 Å². The van der Waals surface area contributed by atoms with Gasteiger partial charge in [-0.25, -0.2) is 4.98 Å².